The molecule has 0 heterocycles. The fraction of sp³-hybridized carbons (Fsp3) is 0.684. The maximum atomic E-state index is 10.6. The normalized spacial score (nSPS) is 23.5. The lowest BCUT2D eigenvalue weighted by atomic mass is 9.86. The fourth-order valence-corrected chi connectivity index (χ4v) is 4.01. The number of aryl methyl sites for hydroxylation is 1. The summed E-state index contributed by atoms with van der Waals surface area (Å²) in [5, 5.41) is 10.8. The van der Waals surface area contributed by atoms with Gasteiger partial charge in [-0.1, -0.05) is 45.0 Å². The van der Waals surface area contributed by atoms with Crippen LogP contribution in [-0.2, 0) is 10.8 Å². The van der Waals surface area contributed by atoms with Crippen LogP contribution < -0.4 is 0 Å². The molecule has 22 heavy (non-hydrogen) atoms. The number of hydrogen-bond donors (Lipinski definition) is 1. The van der Waals surface area contributed by atoms with Crippen molar-refractivity contribution in [1.82, 2.24) is 0 Å². The first-order valence-electron chi connectivity index (χ1n) is 8.60. The molecule has 0 fully saturated rings. The van der Waals surface area contributed by atoms with E-state index < -0.39 is 8.32 Å². The molecule has 1 N–H and O–H groups in total. The molecule has 124 valence electrons. The molecule has 0 amide bonds. The third kappa shape index (κ3) is 4.21. The van der Waals surface area contributed by atoms with E-state index in [9.17, 15) is 5.11 Å². The fourth-order valence-electron chi connectivity index (χ4n) is 2.92. The third-order valence-electron chi connectivity index (χ3n) is 5.52. The molecular weight excluding hydrogens is 288 g/mol. The average Bonchev–Trinajstić information content (AvgIpc) is 2.41. The molecule has 0 saturated carbocycles. The summed E-state index contributed by atoms with van der Waals surface area (Å²) in [6.07, 6.45) is 3.90. The minimum absolute atomic E-state index is 0.250. The highest BCUT2D eigenvalue weighted by atomic mass is 28.4. The van der Waals surface area contributed by atoms with E-state index in [0.29, 0.717) is 5.92 Å². The van der Waals surface area contributed by atoms with E-state index in [1.807, 2.05) is 6.07 Å². The Morgan fingerprint density at radius 1 is 1.23 bits per heavy atom. The van der Waals surface area contributed by atoms with Gasteiger partial charge in [-0.15, -0.1) is 0 Å². The van der Waals surface area contributed by atoms with Crippen LogP contribution in [0.3, 0.4) is 0 Å². The minimum Gasteiger partial charge on any atom is -0.417 e. The first-order valence-corrected chi connectivity index (χ1v) is 11.5. The summed E-state index contributed by atoms with van der Waals surface area (Å²) in [5.74, 6) is 0.470. The molecule has 2 rings (SSSR count). The largest absolute Gasteiger partial charge is 0.417 e. The van der Waals surface area contributed by atoms with Gasteiger partial charge in [-0.05, 0) is 60.9 Å². The van der Waals surface area contributed by atoms with Gasteiger partial charge in [-0.2, -0.15) is 0 Å². The van der Waals surface area contributed by atoms with Crippen LogP contribution >= 0.6 is 0 Å². The van der Waals surface area contributed by atoms with Crippen molar-refractivity contribution in [2.24, 2.45) is 5.92 Å². The zero-order chi connectivity index (χ0) is 16.4. The van der Waals surface area contributed by atoms with Crippen LogP contribution in [0, 0.1) is 5.92 Å². The van der Waals surface area contributed by atoms with Crippen LogP contribution in [0.2, 0.25) is 18.1 Å². The summed E-state index contributed by atoms with van der Waals surface area (Å²) in [7, 11) is -1.69. The highest BCUT2D eigenvalue weighted by molar-refractivity contribution is 6.74. The Labute approximate surface area is 137 Å². The lowest BCUT2D eigenvalue weighted by Crippen LogP contribution is -2.42. The van der Waals surface area contributed by atoms with Gasteiger partial charge in [0.1, 0.15) is 0 Å². The predicted molar refractivity (Wildman–Crippen MR) is 95.6 cm³/mol. The smallest absolute Gasteiger partial charge is 0.191 e. The molecule has 1 aromatic rings. The van der Waals surface area contributed by atoms with Crippen LogP contribution in [0.1, 0.15) is 57.3 Å². The first-order chi connectivity index (χ1) is 10.2. The molecule has 3 heteroatoms. The molecule has 1 aliphatic rings. The van der Waals surface area contributed by atoms with E-state index in [1.54, 1.807) is 0 Å². The van der Waals surface area contributed by atoms with E-state index in [0.717, 1.165) is 31.4 Å². The second-order valence-corrected chi connectivity index (χ2v) is 13.1. The van der Waals surface area contributed by atoms with Gasteiger partial charge in [-0.3, -0.25) is 0 Å². The van der Waals surface area contributed by atoms with Crippen LogP contribution in [0.5, 0.6) is 0 Å². The number of rotatable bonds is 3. The van der Waals surface area contributed by atoms with Crippen molar-refractivity contribution >= 4 is 8.32 Å². The summed E-state index contributed by atoms with van der Waals surface area (Å²) in [4.78, 5) is 0. The Morgan fingerprint density at radius 3 is 2.59 bits per heavy atom. The number of benzene rings is 1. The summed E-state index contributed by atoms with van der Waals surface area (Å²) < 4.78 is 6.39. The van der Waals surface area contributed by atoms with Crippen molar-refractivity contribution in [3.63, 3.8) is 0 Å². The maximum Gasteiger partial charge on any atom is 0.191 e. The lowest BCUT2D eigenvalue weighted by Gasteiger charge is -2.38. The Hall–Kier alpha value is -0.643. The topological polar surface area (TPSA) is 29.5 Å². The van der Waals surface area contributed by atoms with E-state index in [4.69, 9.17) is 4.43 Å². The second-order valence-electron chi connectivity index (χ2n) is 8.28. The van der Waals surface area contributed by atoms with Gasteiger partial charge in [0.2, 0.25) is 0 Å². The van der Waals surface area contributed by atoms with Crippen molar-refractivity contribution in [3.05, 3.63) is 35.4 Å². The lowest BCUT2D eigenvalue weighted by molar-refractivity contribution is 0.110. The number of hydrogen-bond acceptors (Lipinski definition) is 2. The van der Waals surface area contributed by atoms with Gasteiger partial charge in [0.15, 0.2) is 8.32 Å². The molecular formula is C19H32O2Si. The SMILES string of the molecule is CC(C)(C)[Si](C)(C)OC[C@H]1CCCc2ccccc2[C@@H](O)C1. The van der Waals surface area contributed by atoms with E-state index in [-0.39, 0.29) is 11.1 Å². The molecule has 2 atom stereocenters. The number of aliphatic hydroxyl groups excluding tert-OH is 1. The molecule has 0 bridgehead atoms. The zero-order valence-electron chi connectivity index (χ0n) is 14.9. The van der Waals surface area contributed by atoms with Crippen LogP contribution in [-0.4, -0.2) is 20.0 Å². The van der Waals surface area contributed by atoms with Crippen molar-refractivity contribution < 1.29 is 9.53 Å². The Morgan fingerprint density at radius 2 is 1.91 bits per heavy atom. The first kappa shape index (κ1) is 17.7. The predicted octanol–water partition coefficient (Wildman–Crippen LogP) is 5.08. The molecule has 2 nitrogen and oxygen atoms in total. The Bertz CT molecular complexity index is 490. The van der Waals surface area contributed by atoms with Crippen molar-refractivity contribution in [1.29, 1.82) is 0 Å². The van der Waals surface area contributed by atoms with Crippen LogP contribution in [0.15, 0.2) is 24.3 Å². The van der Waals surface area contributed by atoms with Crippen LogP contribution in [0.4, 0.5) is 0 Å². The second kappa shape index (κ2) is 6.86. The zero-order valence-corrected chi connectivity index (χ0v) is 15.9. The van der Waals surface area contributed by atoms with E-state index >= 15 is 0 Å². The Balaban J connectivity index is 2.00. The monoisotopic (exact) mass is 320 g/mol. The molecule has 0 aromatic heterocycles. The van der Waals surface area contributed by atoms with E-state index in [1.165, 1.54) is 12.0 Å². The maximum absolute atomic E-state index is 10.6. The standard InChI is InChI=1S/C19H32O2Si/c1-19(2,3)22(4,5)21-14-15-9-8-11-16-10-6-7-12-17(16)18(20)13-15/h6-7,10,12,15,18,20H,8-9,11,13-14H2,1-5H3/t15-,18-/m0/s1. The van der Waals surface area contributed by atoms with Gasteiger partial charge < -0.3 is 9.53 Å². The molecule has 0 unspecified atom stereocenters. The summed E-state index contributed by atoms with van der Waals surface area (Å²) in [5.41, 5.74) is 2.44. The van der Waals surface area contributed by atoms with Gasteiger partial charge in [0, 0.05) is 6.61 Å². The number of fused-ring (bicyclic) bond motifs is 1. The molecule has 0 aliphatic heterocycles. The minimum atomic E-state index is -1.69. The van der Waals surface area contributed by atoms with Crippen molar-refractivity contribution in [3.8, 4) is 0 Å². The third-order valence-corrected chi connectivity index (χ3v) is 10.0. The summed E-state index contributed by atoms with van der Waals surface area (Å²) >= 11 is 0. The number of aliphatic hydroxyl groups is 1. The molecule has 0 saturated heterocycles. The molecule has 1 aliphatic carbocycles. The summed E-state index contributed by atoms with van der Waals surface area (Å²) in [6, 6.07) is 8.35. The van der Waals surface area contributed by atoms with Gasteiger partial charge in [0.25, 0.3) is 0 Å². The molecule has 0 radical (unpaired) electrons. The highest BCUT2D eigenvalue weighted by Crippen LogP contribution is 2.38. The molecule has 0 spiro atoms. The molecule has 1 aromatic carbocycles. The quantitative estimate of drug-likeness (QED) is 0.787. The van der Waals surface area contributed by atoms with Crippen molar-refractivity contribution in [2.45, 2.75) is 70.7 Å². The Kier molecular flexibility index (Phi) is 5.52. The van der Waals surface area contributed by atoms with Crippen LogP contribution in [0.25, 0.3) is 0 Å². The highest BCUT2D eigenvalue weighted by Gasteiger charge is 2.37. The summed E-state index contributed by atoms with van der Waals surface area (Å²) in [6.45, 7) is 12.3. The van der Waals surface area contributed by atoms with Gasteiger partial charge in [-0.25, -0.2) is 0 Å². The van der Waals surface area contributed by atoms with Gasteiger partial charge >= 0.3 is 0 Å². The average molecular weight is 321 g/mol. The van der Waals surface area contributed by atoms with E-state index in [2.05, 4.69) is 52.1 Å². The van der Waals surface area contributed by atoms with Crippen molar-refractivity contribution in [2.75, 3.05) is 6.61 Å². The van der Waals surface area contributed by atoms with Gasteiger partial charge in [0.05, 0.1) is 6.10 Å².